The Morgan fingerprint density at radius 3 is 0.500 bits per heavy atom. The van der Waals surface area contributed by atoms with Crippen molar-refractivity contribution < 1.29 is 190 Å². The minimum Gasteiger partial charge on any atom is -0.255 e. The molecule has 596 valence electrons. The zero-order valence-corrected chi connectivity index (χ0v) is 65.1. The molecule has 50 heteroatoms. The molecular weight excluding hydrogens is 1970 g/mol. The van der Waals surface area contributed by atoms with Gasteiger partial charge in [-0.25, -0.2) is 0 Å². The van der Waals surface area contributed by atoms with Crippen molar-refractivity contribution in [1.82, 2.24) is 40.3 Å². The minimum absolute atomic E-state index is 0. The Morgan fingerprint density at radius 1 is 0.284 bits per heavy atom. The van der Waals surface area contributed by atoms with Gasteiger partial charge in [-0.3, -0.25) is 19.9 Å². The molecular formula is C52H58Ag4Cl4F24N14P4. The average molecular weight is 2030 g/mol. The molecule has 0 radical (unpaired) electrons. The van der Waals surface area contributed by atoms with E-state index in [0.29, 0.717) is 0 Å². The van der Waals surface area contributed by atoms with Gasteiger partial charge in [-0.2, -0.15) is 31.6 Å². The maximum atomic E-state index is 9.87. The van der Waals surface area contributed by atoms with E-state index in [1.54, 1.807) is 36.4 Å². The van der Waals surface area contributed by atoms with Crippen LogP contribution in [0.1, 0.15) is 102 Å². The van der Waals surface area contributed by atoms with Gasteiger partial charge in [-0.1, -0.05) is 37.1 Å². The Bertz CT molecular complexity index is 3030. The summed E-state index contributed by atoms with van der Waals surface area (Å²) in [5, 5.41) is 62.4. The fourth-order valence-electron chi connectivity index (χ4n) is 6.49. The van der Waals surface area contributed by atoms with Crippen LogP contribution in [0.5, 0.6) is 0 Å². The van der Waals surface area contributed by atoms with Crippen molar-refractivity contribution in [1.29, 1.82) is 31.6 Å². The van der Waals surface area contributed by atoms with Crippen LogP contribution < -0.4 is 0 Å². The van der Waals surface area contributed by atoms with Gasteiger partial charge >= 0.3 is 221 Å². The van der Waals surface area contributed by atoms with Crippen LogP contribution in [-0.2, 0) is 115 Å². The van der Waals surface area contributed by atoms with Crippen molar-refractivity contribution in [3.05, 3.63) is 120 Å². The zero-order valence-electron chi connectivity index (χ0n) is 52.6. The van der Waals surface area contributed by atoms with Crippen molar-refractivity contribution in [2.24, 2.45) is 0 Å². The van der Waals surface area contributed by atoms with Gasteiger partial charge in [0.1, 0.15) is 22.8 Å². The summed E-state index contributed by atoms with van der Waals surface area (Å²) in [5.74, 6) is 0. The van der Waals surface area contributed by atoms with Crippen LogP contribution in [-0.4, -0.2) is 51.0 Å². The van der Waals surface area contributed by atoms with E-state index in [1.165, 1.54) is 102 Å². The van der Waals surface area contributed by atoms with Gasteiger partial charge < -0.3 is 0 Å². The molecule has 102 heavy (non-hydrogen) atoms. The van der Waals surface area contributed by atoms with Gasteiger partial charge in [0.2, 0.25) is 0 Å². The van der Waals surface area contributed by atoms with Crippen LogP contribution in [0.25, 0.3) is 45.6 Å². The van der Waals surface area contributed by atoms with Crippen LogP contribution in [0.15, 0.2) is 97.6 Å². The molecule has 0 amide bonds. The zero-order chi connectivity index (χ0) is 78.3. The first-order chi connectivity index (χ1) is 44.0. The summed E-state index contributed by atoms with van der Waals surface area (Å²) in [7, 11) is -42.6. The molecule has 0 aliphatic heterocycles. The van der Waals surface area contributed by atoms with Crippen molar-refractivity contribution >= 4 is 77.6 Å². The molecule has 6 aromatic heterocycles. The first-order valence-corrected chi connectivity index (χ1v) is 36.0. The number of alkyl halides is 4. The first kappa shape index (κ1) is 119. The normalized spacial score (nSPS) is 13.5. The van der Waals surface area contributed by atoms with E-state index < -0.39 is 31.2 Å². The summed E-state index contributed by atoms with van der Waals surface area (Å²) in [6, 6.07) is 34.3. The largest absolute Gasteiger partial charge is 1.00 e. The van der Waals surface area contributed by atoms with Gasteiger partial charge in [-0.05, 0) is 122 Å². The number of fused-ring (bicyclic) bond motifs is 2. The molecule has 6 heterocycles. The first-order valence-electron chi connectivity index (χ1n) is 25.8. The SMILES string of the molecule is CC#N.CC#N.CC#N.CC#N.CC#N.CC#N.ClCCl.ClCCl.F[P-](F)(F)(F)(F)F.F[P-](F)(F)(F)(F)F.F[P-](F)(F)(F)(F)F.F[P-](F)(F)(F)(F)F.[Ag+].[Ag+].[Ag+].[Ag+].c1ccc(-c2nnc(-c3ccccn3)c3c2CCCCC3)nc1.c1ccc(-c2nnc(-c3ccccn3)c3c2CCCCC3)nc1. The molecule has 8 rings (SSSR count). The second-order valence-electron chi connectivity index (χ2n) is 17.1. The van der Waals surface area contributed by atoms with Crippen LogP contribution in [0.2, 0.25) is 0 Å². The summed E-state index contributed by atoms with van der Waals surface area (Å²) < 4.78 is 237. The number of nitriles is 6. The smallest absolute Gasteiger partial charge is 0.255 e. The van der Waals surface area contributed by atoms with E-state index in [-0.39, 0.29) is 100 Å². The maximum Gasteiger partial charge on any atom is 1.00 e. The minimum atomic E-state index is -10.7. The summed E-state index contributed by atoms with van der Waals surface area (Å²) in [6.45, 7) is 8.58. The third-order valence-electron chi connectivity index (χ3n) is 8.71. The van der Waals surface area contributed by atoms with Crippen molar-refractivity contribution in [3.63, 3.8) is 0 Å². The number of pyridine rings is 4. The van der Waals surface area contributed by atoms with Gasteiger partial charge in [0.25, 0.3) is 0 Å². The molecule has 0 bridgehead atoms. The molecule has 0 atom stereocenters. The Labute approximate surface area is 652 Å². The standard InChI is InChI=1S/2C19H18N4.6C2H3N.2CH2Cl2.4Ag.4F6P/c2*1-2-8-14-15(9-3-1)19(17-11-5-7-13-21-17)23-22-18(14)16-10-4-6-12-20-16;6*1-2-3;2*2-1-3;;;;;4*1-7(2,3,4,5)6/h2*4-7,10-13H,1-3,8-9H2;6*1H3;2*1H2;;;;;;;;/q;;;;;;;;;;4*+1;4*-1. The molecule has 6 aromatic rings. The monoisotopic (exact) mass is 2030 g/mol. The van der Waals surface area contributed by atoms with E-state index in [9.17, 15) is 101 Å². The molecule has 0 fully saturated rings. The Kier molecular flexibility index (Phi) is 57.9. The molecule has 0 spiro atoms. The number of halogens is 28. The molecule has 0 saturated carbocycles. The predicted octanol–water partition coefficient (Wildman–Crippen LogP) is 27.3. The molecule has 0 unspecified atom stereocenters. The van der Waals surface area contributed by atoms with Crippen LogP contribution >= 0.6 is 77.6 Å². The third-order valence-corrected chi connectivity index (χ3v) is 8.71. The maximum absolute atomic E-state index is 10.7. The number of nitrogens with zero attached hydrogens (tertiary/aromatic N) is 14. The van der Waals surface area contributed by atoms with Crippen LogP contribution in [0.3, 0.4) is 0 Å². The number of hydrogen-bond acceptors (Lipinski definition) is 14. The molecule has 0 N–H and O–H groups in total. The van der Waals surface area contributed by atoms with Gasteiger partial charge in [0.05, 0.1) is 69.9 Å². The fourth-order valence-corrected chi connectivity index (χ4v) is 6.49. The topological polar surface area (TPSA) is 246 Å². The average Bonchev–Trinajstić information content (AvgIpc) is 1.21. The van der Waals surface area contributed by atoms with Gasteiger partial charge in [-0.15, -0.1) is 66.8 Å². The molecule has 14 nitrogen and oxygen atoms in total. The second-order valence-corrected chi connectivity index (χ2v) is 26.3. The van der Waals surface area contributed by atoms with Crippen molar-refractivity contribution in [2.45, 2.75) is 106 Å². The molecule has 0 aromatic carbocycles. The predicted molar refractivity (Wildman–Crippen MR) is 335 cm³/mol. The summed E-state index contributed by atoms with van der Waals surface area (Å²) in [5.41, 5.74) is 12.6. The Hall–Kier alpha value is -4.14. The van der Waals surface area contributed by atoms with E-state index >= 15 is 0 Å². The Balaban J connectivity index is -0.000000123. The summed E-state index contributed by atoms with van der Waals surface area (Å²) in [6.07, 6.45) is 18.7. The third kappa shape index (κ3) is 97.9. The number of aromatic nitrogens is 8. The quantitative estimate of drug-likeness (QED) is 0.0524. The second kappa shape index (κ2) is 49.7. The fraction of sp³-hybridized carbons (Fsp3) is 0.346. The molecule has 2 aliphatic carbocycles. The molecule has 0 saturated heterocycles. The number of hydrogen-bond donors (Lipinski definition) is 0. The van der Waals surface area contributed by atoms with Crippen molar-refractivity contribution in [2.75, 3.05) is 10.7 Å². The summed E-state index contributed by atoms with van der Waals surface area (Å²) in [4.78, 5) is 17.9. The van der Waals surface area contributed by atoms with Crippen molar-refractivity contribution in [3.8, 4) is 82.0 Å². The van der Waals surface area contributed by atoms with Gasteiger partial charge in [0, 0.05) is 66.3 Å². The Morgan fingerprint density at radius 2 is 0.402 bits per heavy atom. The van der Waals surface area contributed by atoms with Crippen LogP contribution in [0.4, 0.5) is 101 Å². The van der Waals surface area contributed by atoms with E-state index in [4.69, 9.17) is 78.0 Å². The van der Waals surface area contributed by atoms with Gasteiger partial charge in [0.15, 0.2) is 0 Å². The van der Waals surface area contributed by atoms with E-state index in [2.05, 4.69) is 40.3 Å². The van der Waals surface area contributed by atoms with E-state index in [1.807, 2.05) is 97.6 Å². The van der Waals surface area contributed by atoms with Crippen LogP contribution in [0, 0.1) is 68.0 Å². The molecule has 2 aliphatic rings. The van der Waals surface area contributed by atoms with E-state index in [0.717, 1.165) is 71.2 Å². The number of rotatable bonds is 4. The summed E-state index contributed by atoms with van der Waals surface area (Å²) >= 11 is 19.1.